The van der Waals surface area contributed by atoms with Gasteiger partial charge in [-0.25, -0.2) is 4.79 Å². The van der Waals surface area contributed by atoms with Crippen molar-refractivity contribution < 1.29 is 19.7 Å². The normalized spacial score (nSPS) is 40.6. The summed E-state index contributed by atoms with van der Waals surface area (Å²) in [7, 11) is 0. The number of aliphatic hydroxyl groups is 2. The summed E-state index contributed by atoms with van der Waals surface area (Å²) < 4.78 is 5.46. The lowest BCUT2D eigenvalue weighted by Gasteiger charge is -2.31. The molecule has 1 heterocycles. The fourth-order valence-corrected chi connectivity index (χ4v) is 3.47. The molecule has 1 fully saturated rings. The van der Waals surface area contributed by atoms with Crippen LogP contribution in [0.1, 0.15) is 59.3 Å². The van der Waals surface area contributed by atoms with E-state index in [2.05, 4.69) is 25.7 Å². The van der Waals surface area contributed by atoms with Gasteiger partial charge in [0.25, 0.3) is 0 Å². The van der Waals surface area contributed by atoms with Crippen molar-refractivity contribution >= 4 is 5.97 Å². The van der Waals surface area contributed by atoms with Gasteiger partial charge in [-0.05, 0) is 52.9 Å². The van der Waals surface area contributed by atoms with Crippen LogP contribution in [-0.4, -0.2) is 34.0 Å². The average Bonchev–Trinajstić information content (AvgIpc) is 2.73. The third-order valence-electron chi connectivity index (χ3n) is 5.31. The Kier molecular flexibility index (Phi) is 6.05. The number of esters is 1. The molecule has 0 saturated carbocycles. The summed E-state index contributed by atoms with van der Waals surface area (Å²) in [5, 5.41) is 21.2. The number of hydrogen-bond donors (Lipinski definition) is 2. The first kappa shape index (κ1) is 18.9. The summed E-state index contributed by atoms with van der Waals surface area (Å²) in [5.41, 5.74) is 1.69. The first-order chi connectivity index (χ1) is 11.2. The lowest BCUT2D eigenvalue weighted by Crippen LogP contribution is -2.41. The molecule has 2 N–H and O–H groups in total. The Morgan fingerprint density at radius 1 is 1.25 bits per heavy atom. The Hall–Kier alpha value is -1.39. The number of allylic oxidation sites excluding steroid dienone is 3. The van der Waals surface area contributed by atoms with Crippen LogP contribution in [0.3, 0.4) is 0 Å². The minimum absolute atomic E-state index is 0.248. The molecule has 0 aromatic heterocycles. The fourth-order valence-electron chi connectivity index (χ4n) is 3.47. The Morgan fingerprint density at radius 2 is 1.92 bits per heavy atom. The summed E-state index contributed by atoms with van der Waals surface area (Å²) in [4.78, 5) is 11.9. The van der Waals surface area contributed by atoms with E-state index in [0.29, 0.717) is 18.4 Å². The summed E-state index contributed by atoms with van der Waals surface area (Å²) in [6.07, 6.45) is 7.19. The molecule has 134 valence electrons. The molecule has 2 rings (SSSR count). The van der Waals surface area contributed by atoms with Gasteiger partial charge >= 0.3 is 5.97 Å². The highest BCUT2D eigenvalue weighted by atomic mass is 16.6. The lowest BCUT2D eigenvalue weighted by molar-refractivity contribution is -0.139. The molecule has 1 aliphatic carbocycles. The average molecular weight is 334 g/mol. The van der Waals surface area contributed by atoms with Gasteiger partial charge in [0.15, 0.2) is 0 Å². The molecule has 0 aromatic rings. The molecule has 4 nitrogen and oxygen atoms in total. The molecular weight excluding hydrogens is 304 g/mol. The van der Waals surface area contributed by atoms with Crippen molar-refractivity contribution in [3.8, 4) is 0 Å². The molecule has 0 bridgehead atoms. The first-order valence-corrected chi connectivity index (χ1v) is 8.82. The standard InChI is InChI=1S/C20H30O4/c1-13-7-5-8-14(2)11-17-16(15(3)19(22)24-17)12-18(21)20(4,23)10-6-9-13/h8-9,16-18,21,23H,3,5-7,10-12H2,1-2,4H3/b13-9+,14-8+/t16-,17-,18+,20-/m1/s1. The van der Waals surface area contributed by atoms with Gasteiger partial charge < -0.3 is 14.9 Å². The topological polar surface area (TPSA) is 66.8 Å². The van der Waals surface area contributed by atoms with Crippen LogP contribution in [0.5, 0.6) is 0 Å². The molecule has 0 radical (unpaired) electrons. The van der Waals surface area contributed by atoms with Crippen molar-refractivity contribution in [2.45, 2.75) is 77.1 Å². The van der Waals surface area contributed by atoms with E-state index in [1.807, 2.05) is 6.92 Å². The van der Waals surface area contributed by atoms with E-state index in [1.54, 1.807) is 6.92 Å². The van der Waals surface area contributed by atoms with Crippen LogP contribution in [0.15, 0.2) is 35.5 Å². The van der Waals surface area contributed by atoms with Crippen molar-refractivity contribution in [3.05, 3.63) is 35.5 Å². The zero-order valence-corrected chi connectivity index (χ0v) is 15.0. The largest absolute Gasteiger partial charge is 0.458 e. The van der Waals surface area contributed by atoms with E-state index in [4.69, 9.17) is 4.74 Å². The van der Waals surface area contributed by atoms with Crippen LogP contribution < -0.4 is 0 Å². The fraction of sp³-hybridized carbons (Fsp3) is 0.650. The number of fused-ring (bicyclic) bond motifs is 1. The van der Waals surface area contributed by atoms with Crippen LogP contribution in [0, 0.1) is 5.92 Å². The van der Waals surface area contributed by atoms with Crippen molar-refractivity contribution in [2.75, 3.05) is 0 Å². The Bertz CT molecular complexity index is 556. The summed E-state index contributed by atoms with van der Waals surface area (Å²) in [6.45, 7) is 9.64. The van der Waals surface area contributed by atoms with E-state index < -0.39 is 11.7 Å². The monoisotopic (exact) mass is 334 g/mol. The van der Waals surface area contributed by atoms with Gasteiger partial charge in [-0.1, -0.05) is 29.9 Å². The number of hydrogen-bond acceptors (Lipinski definition) is 4. The van der Waals surface area contributed by atoms with Crippen LogP contribution in [-0.2, 0) is 9.53 Å². The molecule has 0 unspecified atom stereocenters. The molecule has 24 heavy (non-hydrogen) atoms. The molecule has 0 amide bonds. The summed E-state index contributed by atoms with van der Waals surface area (Å²) in [5.74, 6) is -0.631. The Balaban J connectivity index is 2.24. The highest BCUT2D eigenvalue weighted by molar-refractivity contribution is 5.90. The number of ether oxygens (including phenoxy) is 1. The van der Waals surface area contributed by atoms with Crippen molar-refractivity contribution in [1.82, 2.24) is 0 Å². The molecular formula is C20H30O4. The van der Waals surface area contributed by atoms with Gasteiger partial charge in [0, 0.05) is 17.9 Å². The van der Waals surface area contributed by atoms with E-state index in [9.17, 15) is 15.0 Å². The molecule has 1 aliphatic heterocycles. The number of rotatable bonds is 0. The van der Waals surface area contributed by atoms with E-state index in [0.717, 1.165) is 19.3 Å². The lowest BCUT2D eigenvalue weighted by atomic mass is 9.81. The first-order valence-electron chi connectivity index (χ1n) is 8.82. The van der Waals surface area contributed by atoms with E-state index in [-0.39, 0.29) is 24.4 Å². The summed E-state index contributed by atoms with van der Waals surface area (Å²) >= 11 is 0. The van der Waals surface area contributed by atoms with Gasteiger partial charge in [-0.2, -0.15) is 0 Å². The van der Waals surface area contributed by atoms with Crippen LogP contribution in [0.4, 0.5) is 0 Å². The van der Waals surface area contributed by atoms with Gasteiger partial charge in [0.2, 0.25) is 0 Å². The van der Waals surface area contributed by atoms with Crippen LogP contribution in [0.2, 0.25) is 0 Å². The number of carbonyl (C=O) groups excluding carboxylic acids is 1. The zero-order chi connectivity index (χ0) is 17.9. The Labute approximate surface area is 144 Å². The predicted molar refractivity (Wildman–Crippen MR) is 94.4 cm³/mol. The van der Waals surface area contributed by atoms with Crippen LogP contribution >= 0.6 is 0 Å². The zero-order valence-electron chi connectivity index (χ0n) is 15.0. The van der Waals surface area contributed by atoms with Gasteiger partial charge in [-0.15, -0.1) is 0 Å². The summed E-state index contributed by atoms with van der Waals surface area (Å²) in [6, 6.07) is 0. The van der Waals surface area contributed by atoms with Crippen LogP contribution in [0.25, 0.3) is 0 Å². The quantitative estimate of drug-likeness (QED) is 0.404. The number of aliphatic hydroxyl groups excluding tert-OH is 1. The van der Waals surface area contributed by atoms with E-state index >= 15 is 0 Å². The molecule has 4 heteroatoms. The maximum Gasteiger partial charge on any atom is 0.334 e. The third-order valence-corrected chi connectivity index (χ3v) is 5.31. The molecule has 4 atom stereocenters. The van der Waals surface area contributed by atoms with E-state index in [1.165, 1.54) is 11.1 Å². The highest BCUT2D eigenvalue weighted by Gasteiger charge is 2.42. The van der Waals surface area contributed by atoms with Gasteiger partial charge in [-0.3, -0.25) is 0 Å². The second-order valence-electron chi connectivity index (χ2n) is 7.57. The van der Waals surface area contributed by atoms with Gasteiger partial charge in [0.1, 0.15) is 6.10 Å². The maximum absolute atomic E-state index is 11.9. The molecule has 1 saturated heterocycles. The highest BCUT2D eigenvalue weighted by Crippen LogP contribution is 2.36. The minimum Gasteiger partial charge on any atom is -0.458 e. The minimum atomic E-state index is -1.19. The second kappa shape index (κ2) is 7.66. The van der Waals surface area contributed by atoms with Gasteiger partial charge in [0.05, 0.1) is 11.7 Å². The van der Waals surface area contributed by atoms with Crippen molar-refractivity contribution in [1.29, 1.82) is 0 Å². The molecule has 0 aromatic carbocycles. The number of carbonyl (C=O) groups is 1. The maximum atomic E-state index is 11.9. The Morgan fingerprint density at radius 3 is 2.62 bits per heavy atom. The smallest absolute Gasteiger partial charge is 0.334 e. The SMILES string of the molecule is C=C1C(=O)O[C@@H]2C/C(C)=C/CC/C(C)=C/CC[C@@](C)(O)[C@@H](O)C[C@H]12. The molecule has 2 aliphatic rings. The predicted octanol–water partition coefficient (Wildman–Crippen LogP) is 3.44. The van der Waals surface area contributed by atoms with Crippen molar-refractivity contribution in [3.63, 3.8) is 0 Å². The molecule has 0 spiro atoms. The third kappa shape index (κ3) is 4.58. The van der Waals surface area contributed by atoms with Crippen molar-refractivity contribution in [2.24, 2.45) is 5.92 Å². The second-order valence-corrected chi connectivity index (χ2v) is 7.57.